The lowest BCUT2D eigenvalue weighted by Crippen LogP contribution is -2.30. The predicted octanol–water partition coefficient (Wildman–Crippen LogP) is 2.67. The first-order valence-corrected chi connectivity index (χ1v) is 9.33. The summed E-state index contributed by atoms with van der Waals surface area (Å²) in [7, 11) is 0. The number of halogens is 1. The van der Waals surface area contributed by atoms with Gasteiger partial charge in [0.2, 0.25) is 0 Å². The van der Waals surface area contributed by atoms with Crippen molar-refractivity contribution in [3.63, 3.8) is 0 Å². The molecule has 7 nitrogen and oxygen atoms in total. The molecule has 3 rings (SSSR count). The summed E-state index contributed by atoms with van der Waals surface area (Å²) in [5.74, 6) is -1.61. The molecule has 1 saturated heterocycles. The van der Waals surface area contributed by atoms with Crippen molar-refractivity contribution in [1.29, 1.82) is 5.26 Å². The number of hydrogen-bond donors (Lipinski definition) is 2. The van der Waals surface area contributed by atoms with Crippen molar-refractivity contribution in [2.45, 2.75) is 6.42 Å². The van der Waals surface area contributed by atoms with Gasteiger partial charge in [-0.3, -0.25) is 9.59 Å². The molecule has 1 atom stereocenters. The van der Waals surface area contributed by atoms with Gasteiger partial charge in [-0.2, -0.15) is 10.3 Å². The van der Waals surface area contributed by atoms with Crippen LogP contribution in [0.2, 0.25) is 0 Å². The number of nitrogens with one attached hydrogen (secondary N) is 1. The van der Waals surface area contributed by atoms with E-state index in [2.05, 4.69) is 10.3 Å². The van der Waals surface area contributed by atoms with Crippen molar-refractivity contribution in [1.82, 2.24) is 4.90 Å². The Hall–Kier alpha value is -3.99. The normalized spacial score (nSPS) is 16.5. The van der Waals surface area contributed by atoms with Gasteiger partial charge in [0.25, 0.3) is 11.8 Å². The molecule has 1 fully saturated rings. The summed E-state index contributed by atoms with van der Waals surface area (Å²) in [6, 6.07) is 14.7. The first-order chi connectivity index (χ1) is 14.5. The molecule has 0 aliphatic carbocycles. The molecule has 0 aromatic heterocycles. The number of benzene rings is 2. The Labute approximate surface area is 173 Å². The Morgan fingerprint density at radius 3 is 2.73 bits per heavy atom. The SMILES string of the molecule is N#Cc1ccccc1C(=O)N1CCC(C(=O)N=C(N)C=CNc2ccccc2F)C1. The predicted molar refractivity (Wildman–Crippen MR) is 111 cm³/mol. The van der Waals surface area contributed by atoms with Gasteiger partial charge < -0.3 is 16.0 Å². The largest absolute Gasteiger partial charge is 0.384 e. The number of para-hydroxylation sites is 1. The van der Waals surface area contributed by atoms with Crippen LogP contribution in [0.3, 0.4) is 0 Å². The zero-order chi connectivity index (χ0) is 21.5. The third-order valence-electron chi connectivity index (χ3n) is 4.71. The fourth-order valence-corrected chi connectivity index (χ4v) is 3.13. The van der Waals surface area contributed by atoms with Crippen LogP contribution in [0, 0.1) is 23.1 Å². The number of likely N-dealkylation sites (tertiary alicyclic amines) is 1. The van der Waals surface area contributed by atoms with Crippen LogP contribution in [0.4, 0.5) is 10.1 Å². The van der Waals surface area contributed by atoms with Crippen LogP contribution in [-0.2, 0) is 4.79 Å². The number of amidine groups is 1. The molecule has 0 saturated carbocycles. The van der Waals surface area contributed by atoms with Crippen LogP contribution in [0.25, 0.3) is 0 Å². The second kappa shape index (κ2) is 9.47. The van der Waals surface area contributed by atoms with Crippen molar-refractivity contribution in [2.24, 2.45) is 16.6 Å². The van der Waals surface area contributed by atoms with Crippen LogP contribution in [0.15, 0.2) is 65.8 Å². The minimum absolute atomic E-state index is 0.0246. The Bertz CT molecular complexity index is 1060. The van der Waals surface area contributed by atoms with E-state index in [1.807, 2.05) is 6.07 Å². The lowest BCUT2D eigenvalue weighted by molar-refractivity contribution is -0.121. The number of nitrogens with zero attached hydrogens (tertiary/aromatic N) is 3. The average Bonchev–Trinajstić information content (AvgIpc) is 3.25. The van der Waals surface area contributed by atoms with Crippen LogP contribution in [0.1, 0.15) is 22.3 Å². The molecule has 3 N–H and O–H groups in total. The van der Waals surface area contributed by atoms with Crippen molar-refractivity contribution in [2.75, 3.05) is 18.4 Å². The lowest BCUT2D eigenvalue weighted by Gasteiger charge is -2.16. The molecule has 0 spiro atoms. The highest BCUT2D eigenvalue weighted by molar-refractivity contribution is 6.01. The smallest absolute Gasteiger partial charge is 0.255 e. The molecule has 8 heteroatoms. The molecule has 152 valence electrons. The van der Waals surface area contributed by atoms with Crippen molar-refractivity contribution < 1.29 is 14.0 Å². The second-order valence-electron chi connectivity index (χ2n) is 6.73. The summed E-state index contributed by atoms with van der Waals surface area (Å²) in [6.07, 6.45) is 3.23. The first kappa shape index (κ1) is 20.7. The molecule has 2 aromatic rings. The second-order valence-corrected chi connectivity index (χ2v) is 6.73. The van der Waals surface area contributed by atoms with E-state index in [4.69, 9.17) is 11.0 Å². The molecule has 30 heavy (non-hydrogen) atoms. The molecule has 1 aliphatic heterocycles. The summed E-state index contributed by atoms with van der Waals surface area (Å²) in [6.45, 7) is 0.612. The molecular weight excluding hydrogens is 385 g/mol. The maximum Gasteiger partial charge on any atom is 0.255 e. The zero-order valence-corrected chi connectivity index (χ0v) is 16.1. The molecule has 2 amide bonds. The number of nitrogens with two attached hydrogens (primary N) is 1. The summed E-state index contributed by atoms with van der Waals surface area (Å²) in [5.41, 5.74) is 6.65. The van der Waals surface area contributed by atoms with Crippen LogP contribution in [-0.4, -0.2) is 35.6 Å². The number of nitriles is 1. The summed E-state index contributed by atoms with van der Waals surface area (Å²) in [4.78, 5) is 30.5. The molecule has 0 bridgehead atoms. The molecule has 1 heterocycles. The Morgan fingerprint density at radius 1 is 1.23 bits per heavy atom. The lowest BCUT2D eigenvalue weighted by atomic mass is 10.1. The van der Waals surface area contributed by atoms with Gasteiger partial charge in [0.1, 0.15) is 11.7 Å². The number of aliphatic imine (C=N–C) groups is 1. The van der Waals surface area contributed by atoms with Gasteiger partial charge in [0.15, 0.2) is 0 Å². The van der Waals surface area contributed by atoms with Gasteiger partial charge >= 0.3 is 0 Å². The number of rotatable bonds is 5. The summed E-state index contributed by atoms with van der Waals surface area (Å²) >= 11 is 0. The van der Waals surface area contributed by atoms with Crippen LogP contribution in [0.5, 0.6) is 0 Å². The minimum atomic E-state index is -0.463. The molecule has 2 aromatic carbocycles. The topological polar surface area (TPSA) is 112 Å². The van der Waals surface area contributed by atoms with Gasteiger partial charge in [0.05, 0.1) is 28.8 Å². The van der Waals surface area contributed by atoms with Gasteiger partial charge in [0, 0.05) is 19.3 Å². The maximum atomic E-state index is 13.5. The Kier molecular flexibility index (Phi) is 6.55. The number of amides is 2. The van der Waals surface area contributed by atoms with E-state index < -0.39 is 17.6 Å². The number of anilines is 1. The van der Waals surface area contributed by atoms with E-state index in [-0.39, 0.29) is 24.0 Å². The van der Waals surface area contributed by atoms with Crippen molar-refractivity contribution in [3.8, 4) is 6.07 Å². The number of carbonyl (C=O) groups is 2. The number of hydrogen-bond acceptors (Lipinski definition) is 4. The Balaban J connectivity index is 1.58. The minimum Gasteiger partial charge on any atom is -0.384 e. The monoisotopic (exact) mass is 405 g/mol. The van der Waals surface area contributed by atoms with Crippen molar-refractivity contribution in [3.05, 3.63) is 77.8 Å². The zero-order valence-electron chi connectivity index (χ0n) is 16.1. The molecule has 0 radical (unpaired) electrons. The van der Waals surface area contributed by atoms with E-state index in [1.54, 1.807) is 47.4 Å². The van der Waals surface area contributed by atoms with E-state index >= 15 is 0 Å². The third kappa shape index (κ3) is 4.89. The van der Waals surface area contributed by atoms with E-state index in [0.717, 1.165) is 0 Å². The van der Waals surface area contributed by atoms with Gasteiger partial charge in [-0.05, 0) is 36.8 Å². The maximum absolute atomic E-state index is 13.5. The average molecular weight is 405 g/mol. The van der Waals surface area contributed by atoms with E-state index in [9.17, 15) is 14.0 Å². The van der Waals surface area contributed by atoms with Gasteiger partial charge in [-0.25, -0.2) is 4.39 Å². The van der Waals surface area contributed by atoms with Crippen LogP contribution < -0.4 is 11.1 Å². The highest BCUT2D eigenvalue weighted by Gasteiger charge is 2.32. The molecular formula is C22H20FN5O2. The van der Waals surface area contributed by atoms with E-state index in [0.29, 0.717) is 24.1 Å². The van der Waals surface area contributed by atoms with Crippen molar-refractivity contribution >= 4 is 23.3 Å². The third-order valence-corrected chi connectivity index (χ3v) is 4.71. The summed E-state index contributed by atoms with van der Waals surface area (Å²) in [5, 5.41) is 11.9. The molecule has 1 unspecified atom stereocenters. The standard InChI is InChI=1S/C22H20FN5O2/c23-18-7-3-4-8-19(18)26-11-9-20(25)27-21(29)16-10-12-28(14-16)22(30)17-6-2-1-5-15(17)13-24/h1-9,11,16,26H,10,12,14H2,(H2,25,27,29). The van der Waals surface area contributed by atoms with Gasteiger partial charge in [-0.15, -0.1) is 0 Å². The quantitative estimate of drug-likeness (QED) is 0.587. The molecule has 1 aliphatic rings. The number of carbonyl (C=O) groups excluding carboxylic acids is 2. The first-order valence-electron chi connectivity index (χ1n) is 9.33. The highest BCUT2D eigenvalue weighted by atomic mass is 19.1. The Morgan fingerprint density at radius 2 is 1.97 bits per heavy atom. The fourth-order valence-electron chi connectivity index (χ4n) is 3.13. The fraction of sp³-hybridized carbons (Fsp3) is 0.182. The highest BCUT2D eigenvalue weighted by Crippen LogP contribution is 2.21. The van der Waals surface area contributed by atoms with Gasteiger partial charge in [-0.1, -0.05) is 24.3 Å². The van der Waals surface area contributed by atoms with Crippen LogP contribution >= 0.6 is 0 Å². The summed E-state index contributed by atoms with van der Waals surface area (Å²) < 4.78 is 13.5. The van der Waals surface area contributed by atoms with E-state index in [1.165, 1.54) is 18.3 Å².